The molecule has 1 aliphatic heterocycles. The Labute approximate surface area is 127 Å². The van der Waals surface area contributed by atoms with Crippen molar-refractivity contribution in [3.8, 4) is 0 Å². The van der Waals surface area contributed by atoms with Crippen LogP contribution in [-0.2, 0) is 0 Å². The zero-order valence-corrected chi connectivity index (χ0v) is 13.1. The molecule has 1 aliphatic rings. The van der Waals surface area contributed by atoms with Crippen molar-refractivity contribution in [3.05, 3.63) is 29.3 Å². The van der Waals surface area contributed by atoms with Gasteiger partial charge in [0.1, 0.15) is 0 Å². The van der Waals surface area contributed by atoms with Crippen LogP contribution in [0.3, 0.4) is 0 Å². The summed E-state index contributed by atoms with van der Waals surface area (Å²) in [6.45, 7) is 5.88. The van der Waals surface area contributed by atoms with Gasteiger partial charge in [-0.05, 0) is 51.7 Å². The highest BCUT2D eigenvalue weighted by Gasteiger charge is 2.30. The van der Waals surface area contributed by atoms with Crippen molar-refractivity contribution in [3.63, 3.8) is 0 Å². The van der Waals surface area contributed by atoms with Gasteiger partial charge in [-0.15, -0.1) is 0 Å². The molecule has 4 heteroatoms. The normalized spacial score (nSPS) is 18.0. The van der Waals surface area contributed by atoms with Gasteiger partial charge in [-0.2, -0.15) is 0 Å². The lowest BCUT2D eigenvalue weighted by Gasteiger charge is -2.26. The summed E-state index contributed by atoms with van der Waals surface area (Å²) in [6.07, 6.45) is 3.77. The number of nitrogens with zero attached hydrogens (tertiary/aromatic N) is 1. The lowest BCUT2D eigenvalue weighted by atomic mass is 10.1. The molecule has 4 nitrogen and oxygen atoms in total. The molecule has 116 valence electrons. The van der Waals surface area contributed by atoms with E-state index >= 15 is 0 Å². The van der Waals surface area contributed by atoms with Crippen LogP contribution in [0.5, 0.6) is 0 Å². The first-order valence-corrected chi connectivity index (χ1v) is 7.93. The van der Waals surface area contributed by atoms with Crippen LogP contribution in [0.4, 0.5) is 5.69 Å². The first kappa shape index (κ1) is 15.8. The van der Waals surface area contributed by atoms with Crippen molar-refractivity contribution < 1.29 is 9.90 Å². The maximum absolute atomic E-state index is 12.9. The molecule has 0 bridgehead atoms. The number of likely N-dealkylation sites (tertiary alicyclic amines) is 1. The van der Waals surface area contributed by atoms with E-state index in [0.29, 0.717) is 0 Å². The zero-order chi connectivity index (χ0) is 15.2. The summed E-state index contributed by atoms with van der Waals surface area (Å²) < 4.78 is 0. The Kier molecular flexibility index (Phi) is 5.62. The molecule has 1 saturated heterocycles. The molecule has 0 aromatic heterocycles. The van der Waals surface area contributed by atoms with E-state index in [9.17, 15) is 4.79 Å². The van der Waals surface area contributed by atoms with E-state index in [1.807, 2.05) is 36.9 Å². The summed E-state index contributed by atoms with van der Waals surface area (Å²) in [6, 6.07) is 6.27. The van der Waals surface area contributed by atoms with Crippen LogP contribution in [0.1, 0.15) is 48.5 Å². The summed E-state index contributed by atoms with van der Waals surface area (Å²) >= 11 is 0. The summed E-state index contributed by atoms with van der Waals surface area (Å²) in [7, 11) is 0. The molecule has 1 aromatic rings. The fourth-order valence-corrected chi connectivity index (χ4v) is 3.06. The number of aliphatic hydroxyl groups is 1. The number of carbonyl (C=O) groups is 1. The second kappa shape index (κ2) is 7.46. The van der Waals surface area contributed by atoms with Crippen LogP contribution in [0.15, 0.2) is 18.2 Å². The molecule has 1 aromatic carbocycles. The fourth-order valence-electron chi connectivity index (χ4n) is 3.06. The molecule has 1 atom stereocenters. The Balaban J connectivity index is 2.20. The molecular formula is C17H26N2O2. The minimum Gasteiger partial charge on any atom is -0.396 e. The van der Waals surface area contributed by atoms with E-state index in [1.54, 1.807) is 0 Å². The van der Waals surface area contributed by atoms with Gasteiger partial charge >= 0.3 is 0 Å². The first-order valence-electron chi connectivity index (χ1n) is 7.93. The quantitative estimate of drug-likeness (QED) is 0.847. The van der Waals surface area contributed by atoms with Crippen molar-refractivity contribution in [2.45, 2.75) is 45.6 Å². The third kappa shape index (κ3) is 3.76. The van der Waals surface area contributed by atoms with Crippen LogP contribution >= 0.6 is 0 Å². The molecule has 1 amide bonds. The van der Waals surface area contributed by atoms with Crippen LogP contribution in [-0.4, -0.2) is 41.7 Å². The van der Waals surface area contributed by atoms with Crippen LogP contribution in [0.2, 0.25) is 0 Å². The van der Waals surface area contributed by atoms with Gasteiger partial charge in [-0.1, -0.05) is 11.6 Å². The van der Waals surface area contributed by atoms with Crippen molar-refractivity contribution in [1.82, 2.24) is 4.90 Å². The van der Waals surface area contributed by atoms with Crippen molar-refractivity contribution in [1.29, 1.82) is 0 Å². The summed E-state index contributed by atoms with van der Waals surface area (Å²) in [5.41, 5.74) is 2.79. The fraction of sp³-hybridized carbons (Fsp3) is 0.588. The lowest BCUT2D eigenvalue weighted by Crippen LogP contribution is -2.36. The standard InChI is InChI=1S/C17H26N2O2/c1-3-18-16-9-8-13(2)12-15(16)17(21)19-10-4-6-14(19)7-5-11-20/h8-9,12,14,18,20H,3-7,10-11H2,1-2H3. The van der Waals surface area contributed by atoms with Crippen molar-refractivity contribution >= 4 is 11.6 Å². The van der Waals surface area contributed by atoms with Crippen LogP contribution in [0.25, 0.3) is 0 Å². The maximum Gasteiger partial charge on any atom is 0.256 e. The topological polar surface area (TPSA) is 52.6 Å². The molecule has 0 aliphatic carbocycles. The van der Waals surface area contributed by atoms with E-state index in [1.165, 1.54) is 0 Å². The van der Waals surface area contributed by atoms with Crippen LogP contribution < -0.4 is 5.32 Å². The maximum atomic E-state index is 12.9. The van der Waals surface area contributed by atoms with Crippen molar-refractivity contribution in [2.75, 3.05) is 25.0 Å². The number of aliphatic hydroxyl groups excluding tert-OH is 1. The molecule has 0 spiro atoms. The number of aryl methyl sites for hydroxylation is 1. The summed E-state index contributed by atoms with van der Waals surface area (Å²) in [4.78, 5) is 14.9. The van der Waals surface area contributed by atoms with E-state index in [4.69, 9.17) is 5.11 Å². The number of anilines is 1. The number of nitrogens with one attached hydrogen (secondary N) is 1. The second-order valence-corrected chi connectivity index (χ2v) is 5.74. The Hall–Kier alpha value is -1.55. The first-order chi connectivity index (χ1) is 10.2. The average Bonchev–Trinajstić information content (AvgIpc) is 2.94. The molecule has 2 rings (SSSR count). The van der Waals surface area contributed by atoms with Gasteiger partial charge in [-0.25, -0.2) is 0 Å². The van der Waals surface area contributed by atoms with Gasteiger partial charge in [0, 0.05) is 31.4 Å². The molecule has 1 fully saturated rings. The Morgan fingerprint density at radius 3 is 3.00 bits per heavy atom. The van der Waals surface area contributed by atoms with Gasteiger partial charge in [0.25, 0.3) is 5.91 Å². The molecule has 0 saturated carbocycles. The van der Waals surface area contributed by atoms with E-state index < -0.39 is 0 Å². The predicted octanol–water partition coefficient (Wildman–Crippen LogP) is 2.80. The second-order valence-electron chi connectivity index (χ2n) is 5.74. The molecular weight excluding hydrogens is 264 g/mol. The Morgan fingerprint density at radius 1 is 1.48 bits per heavy atom. The third-order valence-corrected chi connectivity index (χ3v) is 4.11. The Morgan fingerprint density at radius 2 is 2.29 bits per heavy atom. The van der Waals surface area contributed by atoms with Gasteiger partial charge in [0.2, 0.25) is 0 Å². The van der Waals surface area contributed by atoms with Gasteiger partial charge in [0.15, 0.2) is 0 Å². The molecule has 1 unspecified atom stereocenters. The highest BCUT2D eigenvalue weighted by molar-refractivity contribution is 6.00. The highest BCUT2D eigenvalue weighted by atomic mass is 16.3. The van der Waals surface area contributed by atoms with E-state index in [2.05, 4.69) is 5.32 Å². The zero-order valence-electron chi connectivity index (χ0n) is 13.1. The van der Waals surface area contributed by atoms with Gasteiger partial charge in [-0.3, -0.25) is 4.79 Å². The predicted molar refractivity (Wildman–Crippen MR) is 85.7 cm³/mol. The number of rotatable bonds is 6. The highest BCUT2D eigenvalue weighted by Crippen LogP contribution is 2.26. The SMILES string of the molecule is CCNc1ccc(C)cc1C(=O)N1CCCC1CCCO. The lowest BCUT2D eigenvalue weighted by molar-refractivity contribution is 0.0725. The number of carbonyl (C=O) groups excluding carboxylic acids is 1. The Bertz CT molecular complexity index is 488. The number of amides is 1. The summed E-state index contributed by atoms with van der Waals surface area (Å²) in [5, 5.41) is 12.3. The van der Waals surface area contributed by atoms with E-state index in [-0.39, 0.29) is 18.6 Å². The number of hydrogen-bond acceptors (Lipinski definition) is 3. The van der Waals surface area contributed by atoms with Gasteiger partial charge in [0.05, 0.1) is 5.56 Å². The summed E-state index contributed by atoms with van der Waals surface area (Å²) in [5.74, 6) is 0.120. The molecule has 21 heavy (non-hydrogen) atoms. The monoisotopic (exact) mass is 290 g/mol. The van der Waals surface area contributed by atoms with E-state index in [0.717, 1.165) is 55.6 Å². The minimum absolute atomic E-state index is 0.120. The van der Waals surface area contributed by atoms with Gasteiger partial charge < -0.3 is 15.3 Å². The molecule has 2 N–H and O–H groups in total. The molecule has 1 heterocycles. The van der Waals surface area contributed by atoms with Crippen LogP contribution in [0, 0.1) is 6.92 Å². The average molecular weight is 290 g/mol. The largest absolute Gasteiger partial charge is 0.396 e. The molecule has 0 radical (unpaired) electrons. The smallest absolute Gasteiger partial charge is 0.256 e. The number of benzene rings is 1. The third-order valence-electron chi connectivity index (χ3n) is 4.11. The number of hydrogen-bond donors (Lipinski definition) is 2. The minimum atomic E-state index is 0.120. The van der Waals surface area contributed by atoms with Crippen molar-refractivity contribution in [2.24, 2.45) is 0 Å².